The molecule has 1 aromatic rings. The fourth-order valence-corrected chi connectivity index (χ4v) is 2.65. The molecule has 0 N–H and O–H groups in total. The van der Waals surface area contributed by atoms with Gasteiger partial charge in [-0.1, -0.05) is 23.1 Å². The van der Waals surface area contributed by atoms with E-state index < -0.39 is 0 Å². The molecule has 0 saturated carbocycles. The molecule has 3 nitrogen and oxygen atoms in total. The molecule has 0 aliphatic rings. The molecule has 0 spiro atoms. The first-order chi connectivity index (χ1) is 5.68. The Morgan fingerprint density at radius 2 is 2.17 bits per heavy atom. The summed E-state index contributed by atoms with van der Waals surface area (Å²) in [6, 6.07) is 0. The van der Waals surface area contributed by atoms with E-state index in [-0.39, 0.29) is 0 Å². The Balaban J connectivity index is 2.24. The molecule has 12 heavy (non-hydrogen) atoms. The van der Waals surface area contributed by atoms with Crippen LogP contribution in [-0.2, 0) is 0 Å². The van der Waals surface area contributed by atoms with Crippen LogP contribution in [0.5, 0.6) is 0 Å². The maximum Gasteiger partial charge on any atom is 0.174 e. The molecule has 1 aromatic heterocycles. The lowest BCUT2D eigenvalue weighted by molar-refractivity contribution is 0.437. The first kappa shape index (κ1) is 9.95. The summed E-state index contributed by atoms with van der Waals surface area (Å²) in [5.41, 5.74) is 0. The van der Waals surface area contributed by atoms with Crippen LogP contribution in [0.2, 0.25) is 0 Å². The van der Waals surface area contributed by atoms with E-state index in [2.05, 4.69) is 29.2 Å². The summed E-state index contributed by atoms with van der Waals surface area (Å²) < 4.78 is 1.08. The van der Waals surface area contributed by atoms with Crippen LogP contribution in [0.1, 0.15) is 5.01 Å². The van der Waals surface area contributed by atoms with Gasteiger partial charge in [0.25, 0.3) is 0 Å². The Labute approximate surface area is 81.2 Å². The summed E-state index contributed by atoms with van der Waals surface area (Å²) in [7, 11) is 4.15. The minimum absolute atomic E-state index is 1.04. The van der Waals surface area contributed by atoms with Crippen molar-refractivity contribution in [2.24, 2.45) is 0 Å². The first-order valence-corrected chi connectivity index (χ1v) is 5.56. The molecular formula is C7H13N3S2. The van der Waals surface area contributed by atoms with E-state index in [1.165, 1.54) is 0 Å². The van der Waals surface area contributed by atoms with E-state index >= 15 is 0 Å². The van der Waals surface area contributed by atoms with Crippen molar-refractivity contribution in [1.29, 1.82) is 0 Å². The van der Waals surface area contributed by atoms with Gasteiger partial charge in [-0.05, 0) is 21.0 Å². The quantitative estimate of drug-likeness (QED) is 0.694. The minimum Gasteiger partial charge on any atom is -0.309 e. The second-order valence-electron chi connectivity index (χ2n) is 2.74. The normalized spacial score (nSPS) is 11.0. The number of aromatic nitrogens is 2. The van der Waals surface area contributed by atoms with Crippen molar-refractivity contribution >= 4 is 23.1 Å². The number of hydrogen-bond acceptors (Lipinski definition) is 5. The molecular weight excluding hydrogens is 190 g/mol. The molecule has 1 rings (SSSR count). The van der Waals surface area contributed by atoms with Crippen molar-refractivity contribution in [3.8, 4) is 0 Å². The Morgan fingerprint density at radius 3 is 2.67 bits per heavy atom. The Bertz CT molecular complexity index is 234. The van der Waals surface area contributed by atoms with Crippen molar-refractivity contribution in [1.82, 2.24) is 15.1 Å². The minimum atomic E-state index is 1.04. The highest BCUT2D eigenvalue weighted by Crippen LogP contribution is 2.21. The zero-order valence-corrected chi connectivity index (χ0v) is 9.21. The molecule has 0 fully saturated rings. The van der Waals surface area contributed by atoms with Crippen LogP contribution in [0.3, 0.4) is 0 Å². The van der Waals surface area contributed by atoms with Gasteiger partial charge in [-0.25, -0.2) is 0 Å². The highest BCUT2D eigenvalue weighted by atomic mass is 32.2. The van der Waals surface area contributed by atoms with Gasteiger partial charge in [0.05, 0.1) is 0 Å². The smallest absolute Gasteiger partial charge is 0.174 e. The fraction of sp³-hybridized carbons (Fsp3) is 0.714. The van der Waals surface area contributed by atoms with Crippen LogP contribution in [0.15, 0.2) is 4.34 Å². The molecule has 0 saturated heterocycles. The van der Waals surface area contributed by atoms with Gasteiger partial charge in [0.1, 0.15) is 5.01 Å². The predicted octanol–water partition coefficient (Wildman–Crippen LogP) is 1.50. The second-order valence-corrected chi connectivity index (χ2v) is 5.26. The third-order valence-electron chi connectivity index (χ3n) is 1.27. The second kappa shape index (κ2) is 4.79. The van der Waals surface area contributed by atoms with Crippen molar-refractivity contribution in [3.05, 3.63) is 5.01 Å². The average molecular weight is 203 g/mol. The Hall–Kier alpha value is -0.130. The molecule has 0 amide bonds. The van der Waals surface area contributed by atoms with Crippen LogP contribution in [0.4, 0.5) is 0 Å². The average Bonchev–Trinajstić information content (AvgIpc) is 2.35. The lowest BCUT2D eigenvalue weighted by Gasteiger charge is -2.06. The van der Waals surface area contributed by atoms with Gasteiger partial charge < -0.3 is 4.90 Å². The summed E-state index contributed by atoms with van der Waals surface area (Å²) in [6.07, 6.45) is 0. The van der Waals surface area contributed by atoms with Gasteiger partial charge in [-0.2, -0.15) is 0 Å². The van der Waals surface area contributed by atoms with Crippen LogP contribution in [-0.4, -0.2) is 41.5 Å². The van der Waals surface area contributed by atoms with Crippen LogP contribution in [0.25, 0.3) is 0 Å². The number of rotatable bonds is 4. The van der Waals surface area contributed by atoms with Crippen molar-refractivity contribution in [3.63, 3.8) is 0 Å². The largest absolute Gasteiger partial charge is 0.309 e. The number of nitrogens with zero attached hydrogens (tertiary/aromatic N) is 3. The summed E-state index contributed by atoms with van der Waals surface area (Å²) in [5.74, 6) is 1.08. The highest BCUT2D eigenvalue weighted by Gasteiger charge is 2.00. The van der Waals surface area contributed by atoms with Gasteiger partial charge in [0.15, 0.2) is 4.34 Å². The summed E-state index contributed by atoms with van der Waals surface area (Å²) >= 11 is 3.43. The van der Waals surface area contributed by atoms with Crippen LogP contribution < -0.4 is 0 Å². The lowest BCUT2D eigenvalue weighted by Crippen LogP contribution is -2.14. The number of hydrogen-bond donors (Lipinski definition) is 0. The van der Waals surface area contributed by atoms with Gasteiger partial charge >= 0.3 is 0 Å². The molecule has 0 aromatic carbocycles. The van der Waals surface area contributed by atoms with Crippen molar-refractivity contribution < 1.29 is 0 Å². The molecule has 0 unspecified atom stereocenters. The SMILES string of the molecule is Cc1nnc(SCCN(C)C)s1. The zero-order valence-electron chi connectivity index (χ0n) is 7.57. The molecule has 1 heterocycles. The monoisotopic (exact) mass is 203 g/mol. The van der Waals surface area contributed by atoms with E-state index in [4.69, 9.17) is 0 Å². The Morgan fingerprint density at radius 1 is 1.42 bits per heavy atom. The molecule has 0 bridgehead atoms. The molecule has 0 radical (unpaired) electrons. The van der Waals surface area contributed by atoms with Gasteiger partial charge in [-0.3, -0.25) is 0 Å². The van der Waals surface area contributed by atoms with E-state index in [1.54, 1.807) is 23.1 Å². The van der Waals surface area contributed by atoms with E-state index in [9.17, 15) is 0 Å². The maximum absolute atomic E-state index is 4.03. The third kappa shape index (κ3) is 3.51. The van der Waals surface area contributed by atoms with Gasteiger partial charge in [0, 0.05) is 12.3 Å². The van der Waals surface area contributed by atoms with Gasteiger partial charge in [0.2, 0.25) is 0 Å². The molecule has 0 atom stereocenters. The molecule has 5 heteroatoms. The van der Waals surface area contributed by atoms with E-state index in [0.29, 0.717) is 0 Å². The van der Waals surface area contributed by atoms with Crippen molar-refractivity contribution in [2.75, 3.05) is 26.4 Å². The standard InChI is InChI=1S/C7H13N3S2/c1-6-8-9-7(12-6)11-5-4-10(2)3/h4-5H2,1-3H3. The number of thioether (sulfide) groups is 1. The van der Waals surface area contributed by atoms with E-state index in [0.717, 1.165) is 21.6 Å². The highest BCUT2D eigenvalue weighted by molar-refractivity contribution is 8.01. The fourth-order valence-electron chi connectivity index (χ4n) is 0.652. The topological polar surface area (TPSA) is 29.0 Å². The molecule has 68 valence electrons. The van der Waals surface area contributed by atoms with Crippen LogP contribution >= 0.6 is 23.1 Å². The number of aryl methyl sites for hydroxylation is 1. The molecule has 0 aliphatic carbocycles. The van der Waals surface area contributed by atoms with Crippen LogP contribution in [0, 0.1) is 6.92 Å². The van der Waals surface area contributed by atoms with E-state index in [1.807, 2.05) is 6.92 Å². The zero-order chi connectivity index (χ0) is 8.97. The summed E-state index contributed by atoms with van der Waals surface area (Å²) in [4.78, 5) is 2.17. The third-order valence-corrected chi connectivity index (χ3v) is 3.22. The predicted molar refractivity (Wildman–Crippen MR) is 53.9 cm³/mol. The Kier molecular flexibility index (Phi) is 3.97. The summed E-state index contributed by atoms with van der Waals surface area (Å²) in [6.45, 7) is 3.07. The lowest BCUT2D eigenvalue weighted by atomic mass is 10.7. The molecule has 0 aliphatic heterocycles. The van der Waals surface area contributed by atoms with Crippen molar-refractivity contribution in [2.45, 2.75) is 11.3 Å². The maximum atomic E-state index is 4.03. The van der Waals surface area contributed by atoms with Gasteiger partial charge in [-0.15, -0.1) is 10.2 Å². The summed E-state index contributed by atoms with van der Waals surface area (Å²) in [5, 5.41) is 9.02. The first-order valence-electron chi connectivity index (χ1n) is 3.76.